The molecule has 150 valence electrons. The fourth-order valence-electron chi connectivity index (χ4n) is 3.35. The van der Waals surface area contributed by atoms with E-state index < -0.39 is 0 Å². The summed E-state index contributed by atoms with van der Waals surface area (Å²) in [4.78, 5) is 4.16. The Hall–Kier alpha value is -1.37. The maximum absolute atomic E-state index is 5.75. The van der Waals surface area contributed by atoms with E-state index in [9.17, 15) is 0 Å². The van der Waals surface area contributed by atoms with Gasteiger partial charge in [-0.15, -0.1) is 11.8 Å². The Morgan fingerprint density at radius 3 is 2.48 bits per heavy atom. The van der Waals surface area contributed by atoms with E-state index in [0.717, 1.165) is 45.3 Å². The largest absolute Gasteiger partial charge is 0.353 e. The van der Waals surface area contributed by atoms with E-state index in [4.69, 9.17) is 9.47 Å². The Balaban J connectivity index is 1.29. The lowest BCUT2D eigenvalue weighted by atomic mass is 10.1. The third-order valence-electron chi connectivity index (χ3n) is 5.00. The molecule has 1 aromatic heterocycles. The molecule has 2 rings (SSSR count). The number of nitrogens with zero attached hydrogens (tertiary/aromatic N) is 1. The number of pyridine rings is 1. The highest BCUT2D eigenvalue weighted by molar-refractivity contribution is 5.08. The number of rotatable bonds is 13. The molecule has 1 atom stereocenters. The summed E-state index contributed by atoms with van der Waals surface area (Å²) >= 11 is 0. The van der Waals surface area contributed by atoms with Gasteiger partial charge in [-0.3, -0.25) is 4.98 Å². The second kappa shape index (κ2) is 15.7. The lowest BCUT2D eigenvalue weighted by Crippen LogP contribution is -2.22. The van der Waals surface area contributed by atoms with Crippen molar-refractivity contribution in [2.75, 3.05) is 13.2 Å². The van der Waals surface area contributed by atoms with Crippen LogP contribution in [-0.4, -0.2) is 24.5 Å². The maximum atomic E-state index is 5.75. The van der Waals surface area contributed by atoms with E-state index >= 15 is 0 Å². The molecule has 27 heavy (non-hydrogen) atoms. The Kier molecular flexibility index (Phi) is 12.7. The molecule has 1 unspecified atom stereocenters. The van der Waals surface area contributed by atoms with Gasteiger partial charge in [0.25, 0.3) is 0 Å². The first kappa shape index (κ1) is 21.9. The molecule has 0 N–H and O–H groups in total. The quantitative estimate of drug-likeness (QED) is 0.311. The molecule has 0 aliphatic carbocycles. The Labute approximate surface area is 166 Å². The fourth-order valence-corrected chi connectivity index (χ4v) is 3.35. The first-order valence-corrected chi connectivity index (χ1v) is 11.0. The minimum absolute atomic E-state index is 0.0638. The summed E-state index contributed by atoms with van der Waals surface area (Å²) in [6.07, 6.45) is 20.6. The highest BCUT2D eigenvalue weighted by Gasteiger charge is 2.13. The van der Waals surface area contributed by atoms with Crippen molar-refractivity contribution >= 4 is 0 Å². The van der Waals surface area contributed by atoms with Crippen LogP contribution in [0.15, 0.2) is 24.5 Å². The minimum atomic E-state index is 0.0638. The molecule has 2 heterocycles. The molecule has 0 saturated carbocycles. The van der Waals surface area contributed by atoms with Gasteiger partial charge in [0.2, 0.25) is 0 Å². The Morgan fingerprint density at radius 2 is 1.74 bits per heavy atom. The highest BCUT2D eigenvalue weighted by Crippen LogP contribution is 2.14. The summed E-state index contributed by atoms with van der Waals surface area (Å²) in [6, 6.07) is 4.19. The van der Waals surface area contributed by atoms with Crippen molar-refractivity contribution in [3.8, 4) is 11.8 Å². The van der Waals surface area contributed by atoms with E-state index in [2.05, 4.69) is 22.9 Å². The molecule has 1 aliphatic heterocycles. The topological polar surface area (TPSA) is 31.4 Å². The van der Waals surface area contributed by atoms with Crippen molar-refractivity contribution in [1.29, 1.82) is 0 Å². The van der Waals surface area contributed by atoms with Gasteiger partial charge >= 0.3 is 0 Å². The van der Waals surface area contributed by atoms with Crippen LogP contribution in [0.4, 0.5) is 0 Å². The normalized spacial score (nSPS) is 16.7. The van der Waals surface area contributed by atoms with Crippen molar-refractivity contribution < 1.29 is 9.47 Å². The second-order valence-corrected chi connectivity index (χ2v) is 7.46. The average Bonchev–Trinajstić information content (AvgIpc) is 2.72. The molecule has 0 spiro atoms. The maximum Gasteiger partial charge on any atom is 0.157 e. The van der Waals surface area contributed by atoms with Crippen LogP contribution < -0.4 is 0 Å². The van der Waals surface area contributed by atoms with E-state index in [0.29, 0.717) is 0 Å². The summed E-state index contributed by atoms with van der Waals surface area (Å²) in [6.45, 7) is 1.70. The standard InChI is InChI=1S/C24H37NO2/c1(3-5-7-9-11-16-23-17-15-19-25-22-23)2-4-6-8-10-13-20-26-24-18-12-14-21-27-24/h15,17,19,22,24H,1,3,5-14,16,18,20-21H2. The molecule has 0 radical (unpaired) electrons. The molecule has 3 heteroatoms. The van der Waals surface area contributed by atoms with Crippen LogP contribution >= 0.6 is 0 Å². The number of hydrogen-bond acceptors (Lipinski definition) is 3. The second-order valence-electron chi connectivity index (χ2n) is 7.46. The number of aryl methyl sites for hydroxylation is 1. The molecule has 0 bridgehead atoms. The Bertz CT molecular complexity index is 514. The zero-order chi connectivity index (χ0) is 18.8. The van der Waals surface area contributed by atoms with Crippen LogP contribution in [0.2, 0.25) is 0 Å². The van der Waals surface area contributed by atoms with Gasteiger partial charge in [-0.25, -0.2) is 0 Å². The predicted molar refractivity (Wildman–Crippen MR) is 111 cm³/mol. The number of ether oxygens (including phenoxy) is 2. The first-order chi connectivity index (χ1) is 13.4. The number of unbranched alkanes of at least 4 members (excludes halogenated alkanes) is 8. The third-order valence-corrected chi connectivity index (χ3v) is 5.00. The third kappa shape index (κ3) is 11.8. The van der Waals surface area contributed by atoms with Gasteiger partial charge in [-0.1, -0.05) is 31.7 Å². The summed E-state index contributed by atoms with van der Waals surface area (Å²) in [7, 11) is 0. The highest BCUT2D eigenvalue weighted by atomic mass is 16.7. The first-order valence-electron chi connectivity index (χ1n) is 11.0. The van der Waals surface area contributed by atoms with Crippen molar-refractivity contribution in [1.82, 2.24) is 4.98 Å². The summed E-state index contributed by atoms with van der Waals surface area (Å²) in [5.41, 5.74) is 1.36. The molecule has 1 saturated heterocycles. The molecule has 3 nitrogen and oxygen atoms in total. The van der Waals surface area contributed by atoms with Gasteiger partial charge in [-0.2, -0.15) is 0 Å². The molecule has 1 aliphatic rings. The van der Waals surface area contributed by atoms with Crippen LogP contribution in [0.3, 0.4) is 0 Å². The summed E-state index contributed by atoms with van der Waals surface area (Å²) in [5, 5.41) is 0. The van der Waals surface area contributed by atoms with Gasteiger partial charge in [0.05, 0.1) is 0 Å². The number of hydrogen-bond donors (Lipinski definition) is 0. The molecule has 1 fully saturated rings. The van der Waals surface area contributed by atoms with E-state index in [1.165, 1.54) is 63.4 Å². The van der Waals surface area contributed by atoms with Crippen molar-refractivity contribution in [2.24, 2.45) is 0 Å². The van der Waals surface area contributed by atoms with Crippen molar-refractivity contribution in [3.63, 3.8) is 0 Å². The van der Waals surface area contributed by atoms with Crippen LogP contribution in [0.25, 0.3) is 0 Å². The molecule has 1 aromatic rings. The van der Waals surface area contributed by atoms with Crippen molar-refractivity contribution in [2.45, 2.75) is 96.2 Å². The molecular formula is C24H37NO2. The van der Waals surface area contributed by atoms with E-state index in [1.807, 2.05) is 18.5 Å². The molecule has 0 amide bonds. The van der Waals surface area contributed by atoms with E-state index in [-0.39, 0.29) is 6.29 Å². The van der Waals surface area contributed by atoms with Gasteiger partial charge < -0.3 is 9.47 Å². The zero-order valence-corrected chi connectivity index (χ0v) is 17.0. The lowest BCUT2D eigenvalue weighted by Gasteiger charge is -2.22. The minimum Gasteiger partial charge on any atom is -0.353 e. The predicted octanol–water partition coefficient (Wildman–Crippen LogP) is 6.07. The van der Waals surface area contributed by atoms with E-state index in [1.54, 1.807) is 0 Å². The number of aromatic nitrogens is 1. The van der Waals surface area contributed by atoms with Crippen LogP contribution in [-0.2, 0) is 15.9 Å². The zero-order valence-electron chi connectivity index (χ0n) is 17.0. The summed E-state index contributed by atoms with van der Waals surface area (Å²) < 4.78 is 11.3. The Morgan fingerprint density at radius 1 is 0.963 bits per heavy atom. The lowest BCUT2D eigenvalue weighted by molar-refractivity contribution is -0.162. The summed E-state index contributed by atoms with van der Waals surface area (Å²) in [5.74, 6) is 6.66. The molecular weight excluding hydrogens is 334 g/mol. The van der Waals surface area contributed by atoms with Gasteiger partial charge in [0.15, 0.2) is 6.29 Å². The van der Waals surface area contributed by atoms with Crippen LogP contribution in [0.5, 0.6) is 0 Å². The molecule has 0 aromatic carbocycles. The fraction of sp³-hybridized carbons (Fsp3) is 0.708. The van der Waals surface area contributed by atoms with Gasteiger partial charge in [-0.05, 0) is 63.0 Å². The van der Waals surface area contributed by atoms with Gasteiger partial charge in [0, 0.05) is 38.4 Å². The van der Waals surface area contributed by atoms with Crippen LogP contribution in [0.1, 0.15) is 89.0 Å². The smallest absolute Gasteiger partial charge is 0.157 e. The monoisotopic (exact) mass is 371 g/mol. The van der Waals surface area contributed by atoms with Crippen molar-refractivity contribution in [3.05, 3.63) is 30.1 Å². The SMILES string of the molecule is C(#CCCCCCOC1CCCCO1)CCCCCCCc1cccnc1. The average molecular weight is 372 g/mol. The van der Waals surface area contributed by atoms with Gasteiger partial charge in [0.1, 0.15) is 0 Å². The van der Waals surface area contributed by atoms with Crippen LogP contribution in [0, 0.1) is 11.8 Å².